The van der Waals surface area contributed by atoms with E-state index in [1.165, 1.54) is 75.5 Å². The van der Waals surface area contributed by atoms with Crippen LogP contribution >= 0.6 is 0 Å². The van der Waals surface area contributed by atoms with Crippen molar-refractivity contribution in [3.63, 3.8) is 0 Å². The Morgan fingerprint density at radius 1 is 0.833 bits per heavy atom. The second kappa shape index (κ2) is 10.2. The van der Waals surface area contributed by atoms with Gasteiger partial charge in [0.25, 0.3) is 0 Å². The lowest BCUT2D eigenvalue weighted by atomic mass is 10.0. The zero-order chi connectivity index (χ0) is 13.1. The van der Waals surface area contributed by atoms with Gasteiger partial charge in [0.15, 0.2) is 0 Å². The molecule has 0 spiro atoms. The molecule has 0 fully saturated rings. The van der Waals surface area contributed by atoms with Crippen LogP contribution in [0.1, 0.15) is 84.5 Å². The number of hydrogen-bond donors (Lipinski definition) is 0. The molecule has 1 aliphatic rings. The SMILES string of the molecule is CCCCCCCCCCCCC1=N[N]C=C1C. The van der Waals surface area contributed by atoms with Gasteiger partial charge < -0.3 is 0 Å². The van der Waals surface area contributed by atoms with Gasteiger partial charge in [-0.05, 0) is 25.3 Å². The van der Waals surface area contributed by atoms with Crippen LogP contribution in [0.3, 0.4) is 0 Å². The summed E-state index contributed by atoms with van der Waals surface area (Å²) in [6.07, 6.45) is 16.9. The van der Waals surface area contributed by atoms with Crippen molar-refractivity contribution in [1.82, 2.24) is 5.43 Å². The van der Waals surface area contributed by atoms with E-state index in [4.69, 9.17) is 0 Å². The summed E-state index contributed by atoms with van der Waals surface area (Å²) in [5, 5.41) is 4.14. The molecule has 0 aliphatic carbocycles. The molecule has 0 saturated carbocycles. The first kappa shape index (κ1) is 15.3. The van der Waals surface area contributed by atoms with Crippen molar-refractivity contribution in [3.05, 3.63) is 11.8 Å². The van der Waals surface area contributed by atoms with E-state index in [1.807, 2.05) is 6.20 Å². The molecule has 2 heteroatoms. The first-order chi connectivity index (χ1) is 8.84. The van der Waals surface area contributed by atoms with E-state index in [2.05, 4.69) is 24.4 Å². The van der Waals surface area contributed by atoms with Crippen molar-refractivity contribution in [2.45, 2.75) is 84.5 Å². The fraction of sp³-hybridized carbons (Fsp3) is 0.812. The number of nitrogens with zero attached hydrogens (tertiary/aromatic N) is 2. The van der Waals surface area contributed by atoms with Gasteiger partial charge in [-0.3, -0.25) is 0 Å². The smallest absolute Gasteiger partial charge is 0.0675 e. The molecule has 1 rings (SSSR count). The van der Waals surface area contributed by atoms with Gasteiger partial charge in [-0.1, -0.05) is 64.7 Å². The molecule has 0 aromatic carbocycles. The Bertz CT molecular complexity index is 266. The van der Waals surface area contributed by atoms with Crippen LogP contribution in [0, 0.1) is 0 Å². The third-order valence-corrected chi connectivity index (χ3v) is 3.65. The summed E-state index contributed by atoms with van der Waals surface area (Å²) in [6, 6.07) is 0. The van der Waals surface area contributed by atoms with Gasteiger partial charge >= 0.3 is 0 Å². The predicted octanol–water partition coefficient (Wildman–Crippen LogP) is 5.18. The van der Waals surface area contributed by atoms with Gasteiger partial charge in [0, 0.05) is 0 Å². The van der Waals surface area contributed by atoms with Crippen LogP contribution in [0.4, 0.5) is 0 Å². The molecule has 0 unspecified atom stereocenters. The molecule has 0 amide bonds. The molecule has 103 valence electrons. The van der Waals surface area contributed by atoms with Gasteiger partial charge in [0.2, 0.25) is 0 Å². The molecule has 0 aromatic heterocycles. The first-order valence-corrected chi connectivity index (χ1v) is 7.78. The normalized spacial score (nSPS) is 14.3. The maximum Gasteiger partial charge on any atom is 0.0675 e. The van der Waals surface area contributed by atoms with E-state index in [0.29, 0.717) is 0 Å². The van der Waals surface area contributed by atoms with E-state index >= 15 is 0 Å². The minimum atomic E-state index is 1.11. The molecule has 1 heterocycles. The summed E-state index contributed by atoms with van der Waals surface area (Å²) in [4.78, 5) is 0. The van der Waals surface area contributed by atoms with Gasteiger partial charge in [0.1, 0.15) is 0 Å². The number of hydrogen-bond acceptors (Lipinski definition) is 1. The highest BCUT2D eigenvalue weighted by Gasteiger charge is 2.07. The lowest BCUT2D eigenvalue weighted by Crippen LogP contribution is -1.96. The number of allylic oxidation sites excluding steroid dienone is 1. The van der Waals surface area contributed by atoms with E-state index in [1.54, 1.807) is 0 Å². The van der Waals surface area contributed by atoms with E-state index < -0.39 is 0 Å². The standard InChI is InChI=1S/C16H29N2/c1-3-4-5-6-7-8-9-10-11-12-13-16-15(2)14-17-18-16/h14H,3-13H2,1-2H3. The molecule has 0 N–H and O–H groups in total. The minimum Gasteiger partial charge on any atom is -0.159 e. The molecule has 1 radical (unpaired) electrons. The first-order valence-electron chi connectivity index (χ1n) is 7.78. The van der Waals surface area contributed by atoms with Crippen LogP contribution in [-0.4, -0.2) is 5.71 Å². The predicted molar refractivity (Wildman–Crippen MR) is 79.8 cm³/mol. The lowest BCUT2D eigenvalue weighted by molar-refractivity contribution is 0.559. The Hall–Kier alpha value is -0.790. The Morgan fingerprint density at radius 2 is 1.39 bits per heavy atom. The van der Waals surface area contributed by atoms with Crippen LogP contribution in [-0.2, 0) is 0 Å². The van der Waals surface area contributed by atoms with Crippen LogP contribution in [0.2, 0.25) is 0 Å². The van der Waals surface area contributed by atoms with Crippen LogP contribution in [0.15, 0.2) is 16.9 Å². The largest absolute Gasteiger partial charge is 0.159 e. The average Bonchev–Trinajstić information content (AvgIpc) is 2.77. The van der Waals surface area contributed by atoms with Gasteiger partial charge in [-0.15, -0.1) is 0 Å². The maximum atomic E-state index is 4.14. The number of rotatable bonds is 11. The second-order valence-corrected chi connectivity index (χ2v) is 5.41. The zero-order valence-electron chi connectivity index (χ0n) is 12.2. The molecule has 2 nitrogen and oxygen atoms in total. The molecular formula is C16H29N2. The van der Waals surface area contributed by atoms with Crippen LogP contribution in [0.25, 0.3) is 0 Å². The van der Waals surface area contributed by atoms with Crippen molar-refractivity contribution >= 4 is 5.71 Å². The highest BCUT2D eigenvalue weighted by atomic mass is 15.3. The van der Waals surface area contributed by atoms with E-state index in [9.17, 15) is 0 Å². The highest BCUT2D eigenvalue weighted by Crippen LogP contribution is 2.14. The summed E-state index contributed by atoms with van der Waals surface area (Å²) < 4.78 is 0. The van der Waals surface area contributed by atoms with Crippen molar-refractivity contribution in [2.75, 3.05) is 0 Å². The van der Waals surface area contributed by atoms with E-state index in [-0.39, 0.29) is 0 Å². The van der Waals surface area contributed by atoms with Gasteiger partial charge in [-0.2, -0.15) is 10.5 Å². The minimum absolute atomic E-state index is 1.11. The Kier molecular flexibility index (Phi) is 8.62. The summed E-state index contributed by atoms with van der Waals surface area (Å²) in [5.74, 6) is 0. The molecule has 18 heavy (non-hydrogen) atoms. The topological polar surface area (TPSA) is 26.5 Å². The average molecular weight is 249 g/mol. The van der Waals surface area contributed by atoms with Gasteiger partial charge in [0.05, 0.1) is 11.9 Å². The maximum absolute atomic E-state index is 4.14. The summed E-state index contributed by atoms with van der Waals surface area (Å²) >= 11 is 0. The molecule has 0 aromatic rings. The van der Waals surface area contributed by atoms with Gasteiger partial charge in [-0.25, -0.2) is 0 Å². The molecule has 0 atom stereocenters. The third-order valence-electron chi connectivity index (χ3n) is 3.65. The van der Waals surface area contributed by atoms with Crippen molar-refractivity contribution in [3.8, 4) is 0 Å². The highest BCUT2D eigenvalue weighted by molar-refractivity contribution is 6.00. The Balaban J connectivity index is 1.80. The van der Waals surface area contributed by atoms with Crippen molar-refractivity contribution in [1.29, 1.82) is 0 Å². The molecule has 0 saturated heterocycles. The third kappa shape index (κ3) is 6.83. The summed E-state index contributed by atoms with van der Waals surface area (Å²) in [6.45, 7) is 4.38. The summed E-state index contributed by atoms with van der Waals surface area (Å²) in [7, 11) is 0. The Labute approximate surface area is 113 Å². The second-order valence-electron chi connectivity index (χ2n) is 5.41. The number of unbranched alkanes of at least 4 members (excludes halogenated alkanes) is 9. The quantitative estimate of drug-likeness (QED) is 0.451. The lowest BCUT2D eigenvalue weighted by Gasteiger charge is -2.03. The Morgan fingerprint density at radius 3 is 1.89 bits per heavy atom. The van der Waals surface area contributed by atoms with Crippen molar-refractivity contribution in [2.24, 2.45) is 5.10 Å². The fourth-order valence-corrected chi connectivity index (χ4v) is 2.37. The molecule has 1 aliphatic heterocycles. The van der Waals surface area contributed by atoms with Crippen LogP contribution in [0.5, 0.6) is 0 Å². The molecular weight excluding hydrogens is 220 g/mol. The van der Waals surface area contributed by atoms with E-state index in [0.717, 1.165) is 6.42 Å². The zero-order valence-corrected chi connectivity index (χ0v) is 12.2. The van der Waals surface area contributed by atoms with Crippen LogP contribution < -0.4 is 5.43 Å². The molecule has 0 bridgehead atoms. The fourth-order valence-electron chi connectivity index (χ4n) is 2.37. The van der Waals surface area contributed by atoms with Crippen molar-refractivity contribution < 1.29 is 0 Å². The summed E-state index contributed by atoms with van der Waals surface area (Å²) in [5.41, 5.74) is 6.39. The monoisotopic (exact) mass is 249 g/mol.